The van der Waals surface area contributed by atoms with E-state index in [1.54, 1.807) is 13.1 Å². The van der Waals surface area contributed by atoms with Gasteiger partial charge in [-0.05, 0) is 19.9 Å². The van der Waals surface area contributed by atoms with Gasteiger partial charge in [0.05, 0.1) is 0 Å². The lowest BCUT2D eigenvalue weighted by molar-refractivity contribution is -0.107. The second-order valence-corrected chi connectivity index (χ2v) is 5.16. The Labute approximate surface area is 103 Å². The number of aryl methyl sites for hydroxylation is 1. The van der Waals surface area contributed by atoms with Crippen LogP contribution < -0.4 is 0 Å². The van der Waals surface area contributed by atoms with Crippen LogP contribution in [-0.4, -0.2) is 20.8 Å². The summed E-state index contributed by atoms with van der Waals surface area (Å²) in [5.41, 5.74) is 1.78. The minimum absolute atomic E-state index is 0.111. The number of aromatic amines is 1. The third-order valence-corrected chi connectivity index (χ3v) is 1.63. The Morgan fingerprint density at radius 2 is 1.93 bits per heavy atom. The monoisotopic (exact) mass is 269 g/mol. The van der Waals surface area contributed by atoms with Gasteiger partial charge in [0.1, 0.15) is 0 Å². The van der Waals surface area contributed by atoms with Crippen molar-refractivity contribution in [1.82, 2.24) is 4.98 Å². The zero-order chi connectivity index (χ0) is 12.1. The van der Waals surface area contributed by atoms with E-state index >= 15 is 0 Å². The molecule has 1 aromatic heterocycles. The summed E-state index contributed by atoms with van der Waals surface area (Å²) in [6.45, 7) is 3.48. The number of hydrogen-bond acceptors (Lipinski definition) is 2. The summed E-state index contributed by atoms with van der Waals surface area (Å²) < 4.78 is -1.72. The summed E-state index contributed by atoms with van der Waals surface area (Å²) in [5, 5.41) is 0. The molecule has 0 aromatic carbocycles. The van der Waals surface area contributed by atoms with Gasteiger partial charge >= 0.3 is 0 Å². The number of H-pyrrole nitrogens is 1. The van der Waals surface area contributed by atoms with Crippen LogP contribution >= 0.6 is 34.8 Å². The number of ketones is 1. The highest BCUT2D eigenvalue weighted by atomic mass is 35.6. The Hall–Kier alpha value is -0.510. The molecular formula is C9H10Cl3NO2. The molecule has 0 spiro atoms. The Morgan fingerprint density at radius 3 is 2.07 bits per heavy atom. The summed E-state index contributed by atoms with van der Waals surface area (Å²) in [5.74, 6) is 0.111. The first-order valence-electron chi connectivity index (χ1n) is 3.95. The quantitative estimate of drug-likeness (QED) is 0.484. The molecule has 84 valence electrons. The topological polar surface area (TPSA) is 49.9 Å². The number of Topliss-reactive ketones (excluding diaryl/α,β-unsaturated/α-hetero) is 1. The van der Waals surface area contributed by atoms with E-state index in [0.717, 1.165) is 11.3 Å². The van der Waals surface area contributed by atoms with Crippen molar-refractivity contribution in [3.8, 4) is 0 Å². The van der Waals surface area contributed by atoms with Gasteiger partial charge in [0.15, 0.2) is 12.1 Å². The van der Waals surface area contributed by atoms with Crippen molar-refractivity contribution in [1.29, 1.82) is 0 Å². The minimum Gasteiger partial charge on any atom is -0.364 e. The number of alkyl halides is 3. The van der Waals surface area contributed by atoms with Crippen LogP contribution in [0.3, 0.4) is 0 Å². The molecule has 0 aliphatic heterocycles. The molecule has 15 heavy (non-hydrogen) atoms. The van der Waals surface area contributed by atoms with E-state index in [1.165, 1.54) is 0 Å². The highest BCUT2D eigenvalue weighted by Crippen LogP contribution is 2.21. The maximum atomic E-state index is 10.6. The van der Waals surface area contributed by atoms with Crippen LogP contribution in [0.5, 0.6) is 0 Å². The number of carbonyl (C=O) groups excluding carboxylic acids is 2. The molecule has 1 aromatic rings. The smallest absolute Gasteiger partial charge is 0.245 e. The zero-order valence-electron chi connectivity index (χ0n) is 8.18. The Kier molecular flexibility index (Phi) is 5.95. The number of aromatic nitrogens is 1. The molecule has 0 aliphatic rings. The summed E-state index contributed by atoms with van der Waals surface area (Å²) in [6.07, 6.45) is 1.95. The molecule has 1 rings (SSSR count). The Bertz CT molecular complexity index is 341. The fourth-order valence-electron chi connectivity index (χ4n) is 0.711. The van der Waals surface area contributed by atoms with Crippen molar-refractivity contribution in [2.24, 2.45) is 0 Å². The lowest BCUT2D eigenvalue weighted by Gasteiger charge is -1.93. The first-order valence-corrected chi connectivity index (χ1v) is 5.08. The molecule has 0 bridgehead atoms. The number of halogens is 3. The van der Waals surface area contributed by atoms with Gasteiger partial charge in [-0.2, -0.15) is 0 Å². The van der Waals surface area contributed by atoms with Crippen molar-refractivity contribution in [3.63, 3.8) is 0 Å². The number of aldehydes is 1. The predicted octanol–water partition coefficient (Wildman–Crippen LogP) is 3.08. The van der Waals surface area contributed by atoms with Gasteiger partial charge in [-0.1, -0.05) is 34.8 Å². The Balaban J connectivity index is 0.000000288. The molecule has 0 radical (unpaired) electrons. The minimum atomic E-state index is -1.72. The molecule has 6 heteroatoms. The van der Waals surface area contributed by atoms with Crippen LogP contribution in [0.4, 0.5) is 0 Å². The fourth-order valence-corrected chi connectivity index (χ4v) is 0.711. The van der Waals surface area contributed by atoms with Crippen molar-refractivity contribution >= 4 is 46.9 Å². The van der Waals surface area contributed by atoms with Crippen molar-refractivity contribution in [2.75, 3.05) is 0 Å². The van der Waals surface area contributed by atoms with Gasteiger partial charge in [0.2, 0.25) is 3.79 Å². The summed E-state index contributed by atoms with van der Waals surface area (Å²) >= 11 is 14.6. The molecular weight excluding hydrogens is 260 g/mol. The van der Waals surface area contributed by atoms with E-state index in [9.17, 15) is 9.59 Å². The van der Waals surface area contributed by atoms with E-state index in [0.29, 0.717) is 0 Å². The fraction of sp³-hybridized carbons (Fsp3) is 0.333. The first-order chi connectivity index (χ1) is 6.76. The highest BCUT2D eigenvalue weighted by Gasteiger charge is 2.16. The van der Waals surface area contributed by atoms with Crippen molar-refractivity contribution in [2.45, 2.75) is 17.6 Å². The van der Waals surface area contributed by atoms with E-state index in [1.807, 2.05) is 13.0 Å². The summed E-state index contributed by atoms with van der Waals surface area (Å²) in [7, 11) is 0. The number of rotatable bonds is 1. The van der Waals surface area contributed by atoms with Crippen LogP contribution in [0.1, 0.15) is 23.0 Å². The third kappa shape index (κ3) is 7.42. The summed E-state index contributed by atoms with van der Waals surface area (Å²) in [6, 6.07) is 1.84. The average Bonchev–Trinajstić information content (AvgIpc) is 2.52. The summed E-state index contributed by atoms with van der Waals surface area (Å²) in [4.78, 5) is 23.0. The molecule has 1 N–H and O–H groups in total. The zero-order valence-corrected chi connectivity index (χ0v) is 10.5. The highest BCUT2D eigenvalue weighted by molar-refractivity contribution is 6.74. The maximum absolute atomic E-state index is 10.6. The SMILES string of the molecule is CC(=O)c1c[nH]c(C)c1.O=CC(Cl)(Cl)Cl. The second-order valence-electron chi connectivity index (χ2n) is 2.79. The van der Waals surface area contributed by atoms with Gasteiger partial charge in [-0.15, -0.1) is 0 Å². The van der Waals surface area contributed by atoms with E-state index in [-0.39, 0.29) is 12.1 Å². The normalized spacial score (nSPS) is 10.2. The van der Waals surface area contributed by atoms with Gasteiger partial charge in [-0.3, -0.25) is 9.59 Å². The van der Waals surface area contributed by atoms with Gasteiger partial charge in [-0.25, -0.2) is 0 Å². The van der Waals surface area contributed by atoms with Crippen molar-refractivity contribution < 1.29 is 9.59 Å². The number of nitrogens with one attached hydrogen (secondary N) is 1. The average molecular weight is 271 g/mol. The van der Waals surface area contributed by atoms with Gasteiger partial charge in [0.25, 0.3) is 0 Å². The molecule has 0 atom stereocenters. The Morgan fingerprint density at radius 1 is 1.47 bits per heavy atom. The lowest BCUT2D eigenvalue weighted by atomic mass is 10.2. The van der Waals surface area contributed by atoms with Gasteiger partial charge in [0, 0.05) is 17.5 Å². The molecule has 0 fully saturated rings. The van der Waals surface area contributed by atoms with Crippen molar-refractivity contribution in [3.05, 3.63) is 23.5 Å². The molecule has 0 unspecified atom stereocenters. The number of carbonyl (C=O) groups is 2. The van der Waals surface area contributed by atoms with E-state index in [4.69, 9.17) is 34.8 Å². The molecule has 0 saturated carbocycles. The van der Waals surface area contributed by atoms with Crippen LogP contribution in [0.2, 0.25) is 0 Å². The third-order valence-electron chi connectivity index (χ3n) is 1.37. The second kappa shape index (κ2) is 6.16. The van der Waals surface area contributed by atoms with Crippen LogP contribution in [-0.2, 0) is 4.79 Å². The molecule has 1 heterocycles. The molecule has 0 saturated heterocycles. The first kappa shape index (κ1) is 14.5. The lowest BCUT2D eigenvalue weighted by Crippen LogP contribution is -2.00. The van der Waals surface area contributed by atoms with Crippen LogP contribution in [0.25, 0.3) is 0 Å². The standard InChI is InChI=1S/C7H9NO.C2HCl3O/c1-5-3-7(4-8-5)6(2)9;3-2(4,5)1-6/h3-4,8H,1-2H3;1H. The van der Waals surface area contributed by atoms with Crippen LogP contribution in [0, 0.1) is 6.92 Å². The molecule has 0 aliphatic carbocycles. The van der Waals surface area contributed by atoms with E-state index < -0.39 is 3.79 Å². The number of hydrogen-bond donors (Lipinski definition) is 1. The van der Waals surface area contributed by atoms with E-state index in [2.05, 4.69) is 4.98 Å². The molecule has 3 nitrogen and oxygen atoms in total. The molecule has 0 amide bonds. The predicted molar refractivity (Wildman–Crippen MR) is 61.9 cm³/mol. The van der Waals surface area contributed by atoms with Crippen LogP contribution in [0.15, 0.2) is 12.3 Å². The maximum Gasteiger partial charge on any atom is 0.245 e. The largest absolute Gasteiger partial charge is 0.364 e. The van der Waals surface area contributed by atoms with Gasteiger partial charge < -0.3 is 4.98 Å².